The van der Waals surface area contributed by atoms with Crippen molar-refractivity contribution in [2.24, 2.45) is 0 Å². The van der Waals surface area contributed by atoms with Crippen LogP contribution in [-0.4, -0.2) is 10.2 Å². The maximum absolute atomic E-state index is 5.88. The van der Waals surface area contributed by atoms with Gasteiger partial charge < -0.3 is 0 Å². The van der Waals surface area contributed by atoms with Gasteiger partial charge in [0, 0.05) is 10.9 Å². The number of halogens is 1. The van der Waals surface area contributed by atoms with E-state index in [0.29, 0.717) is 5.15 Å². The van der Waals surface area contributed by atoms with Crippen LogP contribution in [0.15, 0.2) is 16.8 Å². The molecule has 0 saturated carbocycles. The predicted molar refractivity (Wildman–Crippen MR) is 59.8 cm³/mol. The van der Waals surface area contributed by atoms with E-state index >= 15 is 0 Å². The first kappa shape index (κ1) is 9.62. The largest absolute Gasteiger partial charge is 0.154 e. The molecule has 0 N–H and O–H groups in total. The molecule has 2 heterocycles. The van der Waals surface area contributed by atoms with Crippen molar-refractivity contribution >= 4 is 22.9 Å². The van der Waals surface area contributed by atoms with E-state index < -0.39 is 0 Å². The Morgan fingerprint density at radius 3 is 2.64 bits per heavy atom. The number of nitrogens with zero attached hydrogens (tertiary/aromatic N) is 2. The van der Waals surface area contributed by atoms with Gasteiger partial charge in [0.05, 0.1) is 5.69 Å². The van der Waals surface area contributed by atoms with Crippen LogP contribution < -0.4 is 0 Å². The van der Waals surface area contributed by atoms with Gasteiger partial charge in [0.1, 0.15) is 0 Å². The second-order valence-electron chi connectivity index (χ2n) is 3.10. The number of thiophene rings is 1. The molecule has 0 spiro atoms. The summed E-state index contributed by atoms with van der Waals surface area (Å²) in [5.74, 6) is 0. The standard InChI is InChI=1S/C10H9ClN2S/c1-6-7(2)10(11)13-12-9(6)8-3-4-14-5-8/h3-5H,1-2H3. The van der Waals surface area contributed by atoms with Gasteiger partial charge in [-0.3, -0.25) is 0 Å². The average Bonchev–Trinajstić information content (AvgIpc) is 2.67. The van der Waals surface area contributed by atoms with Crippen molar-refractivity contribution in [2.45, 2.75) is 13.8 Å². The Morgan fingerprint density at radius 2 is 2.00 bits per heavy atom. The highest BCUT2D eigenvalue weighted by Gasteiger charge is 2.09. The normalized spacial score (nSPS) is 10.5. The van der Waals surface area contributed by atoms with Gasteiger partial charge in [0.2, 0.25) is 0 Å². The van der Waals surface area contributed by atoms with Gasteiger partial charge in [-0.2, -0.15) is 11.3 Å². The number of hydrogen-bond donors (Lipinski definition) is 0. The van der Waals surface area contributed by atoms with E-state index in [9.17, 15) is 0 Å². The Kier molecular flexibility index (Phi) is 2.52. The summed E-state index contributed by atoms with van der Waals surface area (Å²) in [4.78, 5) is 0. The summed E-state index contributed by atoms with van der Waals surface area (Å²) in [6, 6.07) is 2.04. The molecule has 2 rings (SSSR count). The molecule has 0 unspecified atom stereocenters. The third-order valence-electron chi connectivity index (χ3n) is 2.26. The maximum Gasteiger partial charge on any atom is 0.154 e. The van der Waals surface area contributed by atoms with Crippen LogP contribution in [-0.2, 0) is 0 Å². The molecule has 0 aliphatic carbocycles. The number of aromatic nitrogens is 2. The quantitative estimate of drug-likeness (QED) is 0.741. The van der Waals surface area contributed by atoms with Crippen molar-refractivity contribution in [3.05, 3.63) is 33.1 Å². The lowest BCUT2D eigenvalue weighted by Gasteiger charge is -2.05. The topological polar surface area (TPSA) is 25.8 Å². The van der Waals surface area contributed by atoms with E-state index in [4.69, 9.17) is 11.6 Å². The first-order valence-electron chi connectivity index (χ1n) is 4.22. The van der Waals surface area contributed by atoms with E-state index in [-0.39, 0.29) is 0 Å². The lowest BCUT2D eigenvalue weighted by atomic mass is 10.1. The summed E-state index contributed by atoms with van der Waals surface area (Å²) in [6.45, 7) is 3.98. The maximum atomic E-state index is 5.88. The van der Waals surface area contributed by atoms with Crippen LogP contribution in [0.4, 0.5) is 0 Å². The molecule has 0 radical (unpaired) electrons. The molecular weight excluding hydrogens is 216 g/mol. The zero-order valence-electron chi connectivity index (χ0n) is 7.91. The fourth-order valence-electron chi connectivity index (χ4n) is 1.25. The molecule has 0 aromatic carbocycles. The molecule has 4 heteroatoms. The van der Waals surface area contributed by atoms with Crippen molar-refractivity contribution in [2.75, 3.05) is 0 Å². The van der Waals surface area contributed by atoms with Crippen LogP contribution in [0.2, 0.25) is 5.15 Å². The monoisotopic (exact) mass is 224 g/mol. The summed E-state index contributed by atoms with van der Waals surface area (Å²) in [5, 5.41) is 12.6. The Labute approximate surface area is 91.6 Å². The second kappa shape index (κ2) is 3.67. The zero-order chi connectivity index (χ0) is 10.1. The van der Waals surface area contributed by atoms with Crippen molar-refractivity contribution in [1.29, 1.82) is 0 Å². The van der Waals surface area contributed by atoms with Gasteiger partial charge in [-0.1, -0.05) is 11.6 Å². The molecule has 72 valence electrons. The lowest BCUT2D eigenvalue weighted by molar-refractivity contribution is 1.00. The smallest absolute Gasteiger partial charge is 0.152 e. The Hall–Kier alpha value is -0.930. The first-order chi connectivity index (χ1) is 6.70. The van der Waals surface area contributed by atoms with Crippen molar-refractivity contribution in [3.8, 4) is 11.3 Å². The molecule has 2 aromatic heterocycles. The van der Waals surface area contributed by atoms with Gasteiger partial charge >= 0.3 is 0 Å². The Bertz CT molecular complexity index is 451. The summed E-state index contributed by atoms with van der Waals surface area (Å²) >= 11 is 7.53. The SMILES string of the molecule is Cc1c(Cl)nnc(-c2ccsc2)c1C. The molecule has 0 bridgehead atoms. The molecule has 2 aromatic rings. The van der Waals surface area contributed by atoms with Crippen LogP contribution in [0.5, 0.6) is 0 Å². The van der Waals surface area contributed by atoms with Crippen molar-refractivity contribution < 1.29 is 0 Å². The predicted octanol–water partition coefficient (Wildman–Crippen LogP) is 3.48. The molecule has 0 atom stereocenters. The fourth-order valence-corrected chi connectivity index (χ4v) is 2.07. The Morgan fingerprint density at radius 1 is 1.21 bits per heavy atom. The van der Waals surface area contributed by atoms with Gasteiger partial charge in [0.15, 0.2) is 5.15 Å². The van der Waals surface area contributed by atoms with Crippen LogP contribution in [0.1, 0.15) is 11.1 Å². The summed E-state index contributed by atoms with van der Waals surface area (Å²) in [5.41, 5.74) is 4.14. The molecule has 0 fully saturated rings. The van der Waals surface area contributed by atoms with Crippen LogP contribution >= 0.6 is 22.9 Å². The minimum absolute atomic E-state index is 0.487. The van der Waals surface area contributed by atoms with Gasteiger partial charge in [-0.05, 0) is 36.4 Å². The molecular formula is C10H9ClN2S. The van der Waals surface area contributed by atoms with Gasteiger partial charge in [-0.25, -0.2) is 0 Å². The molecule has 0 aliphatic heterocycles. The van der Waals surface area contributed by atoms with Crippen molar-refractivity contribution in [1.82, 2.24) is 10.2 Å². The molecule has 14 heavy (non-hydrogen) atoms. The zero-order valence-corrected chi connectivity index (χ0v) is 9.49. The van der Waals surface area contributed by atoms with Crippen LogP contribution in [0.3, 0.4) is 0 Å². The summed E-state index contributed by atoms with van der Waals surface area (Å²) in [7, 11) is 0. The molecule has 0 amide bonds. The van der Waals surface area contributed by atoms with Crippen molar-refractivity contribution in [3.63, 3.8) is 0 Å². The highest BCUT2D eigenvalue weighted by atomic mass is 35.5. The number of hydrogen-bond acceptors (Lipinski definition) is 3. The fraction of sp³-hybridized carbons (Fsp3) is 0.200. The Balaban J connectivity index is 2.61. The van der Waals surface area contributed by atoms with E-state index in [1.165, 1.54) is 0 Å². The van der Waals surface area contributed by atoms with Crippen LogP contribution in [0.25, 0.3) is 11.3 Å². The lowest BCUT2D eigenvalue weighted by Crippen LogP contribution is -1.95. The van der Waals surface area contributed by atoms with E-state index in [0.717, 1.165) is 22.4 Å². The van der Waals surface area contributed by atoms with E-state index in [1.807, 2.05) is 25.3 Å². The van der Waals surface area contributed by atoms with E-state index in [2.05, 4.69) is 15.6 Å². The highest BCUT2D eigenvalue weighted by molar-refractivity contribution is 7.08. The third-order valence-corrected chi connectivity index (χ3v) is 3.30. The van der Waals surface area contributed by atoms with E-state index in [1.54, 1.807) is 11.3 Å². The molecule has 0 saturated heterocycles. The highest BCUT2D eigenvalue weighted by Crippen LogP contribution is 2.26. The summed E-state index contributed by atoms with van der Waals surface area (Å²) in [6.07, 6.45) is 0. The molecule has 2 nitrogen and oxygen atoms in total. The van der Waals surface area contributed by atoms with Gasteiger partial charge in [0.25, 0.3) is 0 Å². The number of rotatable bonds is 1. The minimum atomic E-state index is 0.487. The third kappa shape index (κ3) is 1.53. The first-order valence-corrected chi connectivity index (χ1v) is 5.54. The minimum Gasteiger partial charge on any atom is -0.152 e. The summed E-state index contributed by atoms with van der Waals surface area (Å²) < 4.78 is 0. The molecule has 0 aliphatic rings. The van der Waals surface area contributed by atoms with Gasteiger partial charge in [-0.15, -0.1) is 10.2 Å². The average molecular weight is 225 g/mol. The second-order valence-corrected chi connectivity index (χ2v) is 4.24. The van der Waals surface area contributed by atoms with Crippen LogP contribution in [0, 0.1) is 13.8 Å².